The molecule has 0 fully saturated rings. The summed E-state index contributed by atoms with van der Waals surface area (Å²) in [6.07, 6.45) is 0. The molecule has 184 valence electrons. The molecule has 8 heteroatoms. The van der Waals surface area contributed by atoms with Gasteiger partial charge in [0.2, 0.25) is 11.8 Å². The van der Waals surface area contributed by atoms with Gasteiger partial charge >= 0.3 is 0 Å². The van der Waals surface area contributed by atoms with Crippen LogP contribution in [0.2, 0.25) is 5.02 Å². The summed E-state index contributed by atoms with van der Waals surface area (Å²) in [4.78, 5) is 29.2. The number of anilines is 1. The summed E-state index contributed by atoms with van der Waals surface area (Å²) < 4.78 is 7.51. The van der Waals surface area contributed by atoms with E-state index in [1.807, 2.05) is 80.7 Å². The Balaban J connectivity index is 1.66. The Morgan fingerprint density at radius 1 is 1.14 bits per heavy atom. The van der Waals surface area contributed by atoms with Crippen LogP contribution in [0.15, 0.2) is 71.8 Å². The van der Waals surface area contributed by atoms with Gasteiger partial charge in [-0.25, -0.2) is 0 Å². The van der Waals surface area contributed by atoms with E-state index in [1.165, 1.54) is 11.8 Å². The molecule has 1 atom stereocenters. The van der Waals surface area contributed by atoms with Crippen LogP contribution < -0.4 is 15.0 Å². The largest absolute Gasteiger partial charge is 0.496 e. The zero-order chi connectivity index (χ0) is 25.4. The number of methoxy groups -OCH3 is 1. The summed E-state index contributed by atoms with van der Waals surface area (Å²) in [5.41, 5.74) is 4.15. The fourth-order valence-electron chi connectivity index (χ4n) is 4.77. The van der Waals surface area contributed by atoms with Crippen LogP contribution in [0.4, 0.5) is 5.69 Å². The first-order valence-electron chi connectivity index (χ1n) is 11.6. The number of nitrogens with one attached hydrogen (secondary N) is 1. The first kappa shape index (κ1) is 24.3. The Bertz CT molecular complexity index is 1480. The van der Waals surface area contributed by atoms with E-state index in [0.717, 1.165) is 32.6 Å². The molecule has 2 heterocycles. The third kappa shape index (κ3) is 4.22. The number of aromatic nitrogens is 1. The Labute approximate surface area is 219 Å². The van der Waals surface area contributed by atoms with E-state index in [1.54, 1.807) is 12.0 Å². The topological polar surface area (TPSA) is 63.6 Å². The zero-order valence-corrected chi connectivity index (χ0v) is 21.8. The van der Waals surface area contributed by atoms with Gasteiger partial charge in [-0.15, -0.1) is 0 Å². The van der Waals surface area contributed by atoms with E-state index < -0.39 is 6.04 Å². The molecule has 1 aliphatic rings. The first-order valence-corrected chi connectivity index (χ1v) is 12.9. The summed E-state index contributed by atoms with van der Waals surface area (Å²) in [6.45, 7) is 2.20. The highest BCUT2D eigenvalue weighted by atomic mass is 35.5. The molecule has 5 rings (SSSR count). The lowest BCUT2D eigenvalue weighted by atomic mass is 10.0. The molecular formula is C28H26ClN3O3S. The predicted octanol–water partition coefficient (Wildman–Crippen LogP) is 5.65. The standard InChI is InChI=1S/C28H26ClN3O3S/c1-17-12-13-22(20(29)14-17)32-24(33)16-36-28-25(19-9-5-6-10-21(19)31(28)2)26(32)27(34)30-15-18-8-4-7-11-23(18)35-3/h4-14,26H,15-16H2,1-3H3,(H,30,34)/t26-/m1/s1. The second-order valence-electron chi connectivity index (χ2n) is 8.73. The average molecular weight is 520 g/mol. The predicted molar refractivity (Wildman–Crippen MR) is 145 cm³/mol. The molecule has 0 spiro atoms. The number of halogens is 1. The molecule has 1 aliphatic heterocycles. The first-order chi connectivity index (χ1) is 17.4. The fraction of sp³-hybridized carbons (Fsp3) is 0.214. The average Bonchev–Trinajstić information content (AvgIpc) is 3.06. The minimum atomic E-state index is -0.900. The number of para-hydroxylation sites is 2. The molecule has 0 radical (unpaired) electrons. The van der Waals surface area contributed by atoms with Crippen LogP contribution in [0.3, 0.4) is 0 Å². The van der Waals surface area contributed by atoms with Crippen LogP contribution >= 0.6 is 23.4 Å². The molecule has 2 amide bonds. The molecule has 1 aromatic heterocycles. The molecular weight excluding hydrogens is 494 g/mol. The lowest BCUT2D eigenvalue weighted by Crippen LogP contribution is -2.44. The normalized spacial score (nSPS) is 15.5. The number of thioether (sulfide) groups is 1. The quantitative estimate of drug-likeness (QED) is 0.370. The molecule has 0 saturated heterocycles. The summed E-state index contributed by atoms with van der Waals surface area (Å²) >= 11 is 8.11. The number of fused-ring (bicyclic) bond motifs is 3. The number of amides is 2. The molecule has 4 aromatic rings. The van der Waals surface area contributed by atoms with E-state index in [9.17, 15) is 9.59 Å². The molecule has 0 saturated carbocycles. The lowest BCUT2D eigenvalue weighted by molar-refractivity contribution is -0.125. The molecule has 0 unspecified atom stereocenters. The zero-order valence-electron chi connectivity index (χ0n) is 20.2. The number of ether oxygens (including phenoxy) is 1. The summed E-state index contributed by atoms with van der Waals surface area (Å²) in [5, 5.41) is 5.32. The van der Waals surface area contributed by atoms with Gasteiger partial charge in [0.1, 0.15) is 11.8 Å². The van der Waals surface area contributed by atoms with Crippen LogP contribution in [-0.4, -0.2) is 29.2 Å². The Morgan fingerprint density at radius 2 is 1.89 bits per heavy atom. The second kappa shape index (κ2) is 9.91. The number of nitrogens with zero attached hydrogens (tertiary/aromatic N) is 2. The lowest BCUT2D eigenvalue weighted by Gasteiger charge is -2.30. The van der Waals surface area contributed by atoms with Gasteiger partial charge in [0.25, 0.3) is 0 Å². The maximum Gasteiger partial charge on any atom is 0.248 e. The fourth-order valence-corrected chi connectivity index (χ4v) is 6.16. The van der Waals surface area contributed by atoms with Crippen molar-refractivity contribution in [1.82, 2.24) is 9.88 Å². The van der Waals surface area contributed by atoms with E-state index in [2.05, 4.69) is 9.88 Å². The van der Waals surface area contributed by atoms with Crippen molar-refractivity contribution in [2.75, 3.05) is 17.8 Å². The van der Waals surface area contributed by atoms with Crippen LogP contribution in [-0.2, 0) is 23.2 Å². The monoisotopic (exact) mass is 519 g/mol. The van der Waals surface area contributed by atoms with Crippen molar-refractivity contribution in [2.24, 2.45) is 7.05 Å². The van der Waals surface area contributed by atoms with Crippen LogP contribution in [0.25, 0.3) is 10.9 Å². The summed E-state index contributed by atoms with van der Waals surface area (Å²) in [5.74, 6) is 0.418. The van der Waals surface area contributed by atoms with Crippen molar-refractivity contribution < 1.29 is 14.3 Å². The number of carbonyl (C=O) groups excluding carboxylic acids is 2. The van der Waals surface area contributed by atoms with Crippen molar-refractivity contribution in [3.8, 4) is 5.75 Å². The summed E-state index contributed by atoms with van der Waals surface area (Å²) in [6, 6.07) is 20.1. The van der Waals surface area contributed by atoms with E-state index in [0.29, 0.717) is 16.5 Å². The summed E-state index contributed by atoms with van der Waals surface area (Å²) in [7, 11) is 3.57. The van der Waals surface area contributed by atoms with Crippen LogP contribution in [0, 0.1) is 6.92 Å². The minimum Gasteiger partial charge on any atom is -0.496 e. The number of rotatable bonds is 5. The molecule has 3 aromatic carbocycles. The number of hydrogen-bond acceptors (Lipinski definition) is 4. The minimum absolute atomic E-state index is 0.177. The van der Waals surface area contributed by atoms with Crippen molar-refractivity contribution >= 4 is 51.8 Å². The van der Waals surface area contributed by atoms with Crippen molar-refractivity contribution in [3.05, 3.63) is 88.4 Å². The molecule has 1 N–H and O–H groups in total. The Kier molecular flexibility index (Phi) is 6.69. The van der Waals surface area contributed by atoms with Crippen molar-refractivity contribution in [2.45, 2.75) is 24.5 Å². The highest BCUT2D eigenvalue weighted by Crippen LogP contribution is 2.44. The number of carbonyl (C=O) groups is 2. The molecule has 0 bridgehead atoms. The molecule has 0 aliphatic carbocycles. The highest BCUT2D eigenvalue weighted by molar-refractivity contribution is 8.00. The third-order valence-electron chi connectivity index (χ3n) is 6.48. The molecule has 6 nitrogen and oxygen atoms in total. The second-order valence-corrected chi connectivity index (χ2v) is 10.1. The van der Waals surface area contributed by atoms with Crippen LogP contribution in [0.1, 0.15) is 22.7 Å². The Hall–Kier alpha value is -3.42. The Morgan fingerprint density at radius 3 is 2.67 bits per heavy atom. The van der Waals surface area contributed by atoms with Gasteiger partial charge in [0, 0.05) is 35.6 Å². The van der Waals surface area contributed by atoms with Gasteiger partial charge < -0.3 is 14.6 Å². The smallest absolute Gasteiger partial charge is 0.248 e. The maximum absolute atomic E-state index is 14.0. The van der Waals surface area contributed by atoms with Crippen molar-refractivity contribution in [3.63, 3.8) is 0 Å². The van der Waals surface area contributed by atoms with Gasteiger partial charge in [0.05, 0.1) is 28.6 Å². The molecule has 36 heavy (non-hydrogen) atoms. The van der Waals surface area contributed by atoms with Crippen LogP contribution in [0.5, 0.6) is 5.75 Å². The van der Waals surface area contributed by atoms with Gasteiger partial charge in [0.15, 0.2) is 0 Å². The third-order valence-corrected chi connectivity index (χ3v) is 7.94. The number of benzene rings is 3. The van der Waals surface area contributed by atoms with E-state index in [-0.39, 0.29) is 24.1 Å². The number of hydrogen-bond donors (Lipinski definition) is 1. The highest BCUT2D eigenvalue weighted by Gasteiger charge is 2.40. The van der Waals surface area contributed by atoms with E-state index >= 15 is 0 Å². The SMILES string of the molecule is COc1ccccc1CNC(=O)[C@H]1c2c(n(C)c3ccccc23)SCC(=O)N1c1ccc(C)cc1Cl. The van der Waals surface area contributed by atoms with Crippen molar-refractivity contribution in [1.29, 1.82) is 0 Å². The van der Waals surface area contributed by atoms with Gasteiger partial charge in [-0.1, -0.05) is 65.8 Å². The van der Waals surface area contributed by atoms with E-state index in [4.69, 9.17) is 16.3 Å². The number of aryl methyl sites for hydroxylation is 2. The van der Waals surface area contributed by atoms with Gasteiger partial charge in [-0.05, 0) is 36.8 Å². The van der Waals surface area contributed by atoms with Gasteiger partial charge in [-0.2, -0.15) is 0 Å². The van der Waals surface area contributed by atoms with Gasteiger partial charge in [-0.3, -0.25) is 14.5 Å². The maximum atomic E-state index is 14.0.